The number of hydrogen-bond acceptors (Lipinski definition) is 3. The number of likely N-dealkylation sites (N-methyl/N-ethyl adjacent to an activating group) is 1. The van der Waals surface area contributed by atoms with Crippen LogP contribution in [0.3, 0.4) is 0 Å². The first-order valence-corrected chi connectivity index (χ1v) is 7.83. The predicted molar refractivity (Wildman–Crippen MR) is 85.9 cm³/mol. The van der Waals surface area contributed by atoms with Gasteiger partial charge in [0.15, 0.2) is 0 Å². The maximum atomic E-state index is 6.37. The minimum atomic E-state index is 0.116. The third-order valence-electron chi connectivity index (χ3n) is 4.61. The van der Waals surface area contributed by atoms with Crippen molar-refractivity contribution in [3.63, 3.8) is 0 Å². The van der Waals surface area contributed by atoms with Crippen LogP contribution < -0.4 is 5.73 Å². The molecule has 1 saturated heterocycles. The van der Waals surface area contributed by atoms with Crippen molar-refractivity contribution in [2.24, 2.45) is 5.73 Å². The number of likely N-dealkylation sites (tertiary alicyclic amines) is 1. The Morgan fingerprint density at radius 2 is 1.85 bits per heavy atom. The fourth-order valence-corrected chi connectivity index (χ4v) is 3.00. The molecule has 112 valence electrons. The third-order valence-corrected chi connectivity index (χ3v) is 4.61. The Hall–Kier alpha value is -0.900. The molecule has 2 N–H and O–H groups in total. The number of benzene rings is 1. The van der Waals surface area contributed by atoms with Crippen molar-refractivity contribution in [2.75, 3.05) is 33.7 Å². The summed E-state index contributed by atoms with van der Waals surface area (Å²) in [7, 11) is 4.42. The maximum Gasteiger partial charge on any atom is 0.0424 e. The highest BCUT2D eigenvalue weighted by Crippen LogP contribution is 2.18. The molecule has 2 rings (SSSR count). The molecule has 0 aliphatic carbocycles. The molecule has 3 nitrogen and oxygen atoms in total. The zero-order chi connectivity index (χ0) is 14.5. The van der Waals surface area contributed by atoms with E-state index in [9.17, 15) is 0 Å². The van der Waals surface area contributed by atoms with Crippen LogP contribution in [0, 0.1) is 0 Å². The van der Waals surface area contributed by atoms with Gasteiger partial charge in [-0.05, 0) is 57.6 Å². The number of nitrogens with two attached hydrogens (primary N) is 1. The van der Waals surface area contributed by atoms with Crippen LogP contribution in [-0.2, 0) is 6.42 Å². The standard InChI is InChI=1S/C17H29N3/c1-4-14-5-7-15(8-6-14)17(18)13-20(3)16-9-11-19(2)12-10-16/h5-8,16-17H,4,9-13,18H2,1-3H3. The quantitative estimate of drug-likeness (QED) is 0.895. The molecule has 3 heteroatoms. The molecule has 1 heterocycles. The Labute approximate surface area is 123 Å². The van der Waals surface area contributed by atoms with Gasteiger partial charge >= 0.3 is 0 Å². The third kappa shape index (κ3) is 4.05. The molecule has 20 heavy (non-hydrogen) atoms. The molecule has 0 bridgehead atoms. The summed E-state index contributed by atoms with van der Waals surface area (Å²) in [6.07, 6.45) is 3.61. The molecule has 0 saturated carbocycles. The molecule has 1 aliphatic heterocycles. The fourth-order valence-electron chi connectivity index (χ4n) is 3.00. The van der Waals surface area contributed by atoms with Crippen LogP contribution in [0.4, 0.5) is 0 Å². The van der Waals surface area contributed by atoms with E-state index in [4.69, 9.17) is 5.73 Å². The van der Waals surface area contributed by atoms with E-state index in [0.717, 1.165) is 13.0 Å². The van der Waals surface area contributed by atoms with Crippen molar-refractivity contribution in [3.8, 4) is 0 Å². The second-order valence-electron chi connectivity index (χ2n) is 6.18. The van der Waals surface area contributed by atoms with Gasteiger partial charge in [0.25, 0.3) is 0 Å². The molecule has 1 aromatic rings. The molecular formula is C17H29N3. The number of hydrogen-bond donors (Lipinski definition) is 1. The summed E-state index contributed by atoms with van der Waals surface area (Å²) in [4.78, 5) is 4.86. The van der Waals surface area contributed by atoms with Gasteiger partial charge in [-0.3, -0.25) is 0 Å². The van der Waals surface area contributed by atoms with E-state index in [1.807, 2.05) is 0 Å². The van der Waals surface area contributed by atoms with E-state index >= 15 is 0 Å². The SMILES string of the molecule is CCc1ccc(C(N)CN(C)C2CCN(C)CC2)cc1. The Balaban J connectivity index is 1.87. The van der Waals surface area contributed by atoms with Crippen LogP contribution in [0.15, 0.2) is 24.3 Å². The fraction of sp³-hybridized carbons (Fsp3) is 0.647. The van der Waals surface area contributed by atoms with E-state index in [0.29, 0.717) is 6.04 Å². The summed E-state index contributed by atoms with van der Waals surface area (Å²) in [5, 5.41) is 0. The largest absolute Gasteiger partial charge is 0.323 e. The van der Waals surface area contributed by atoms with Gasteiger partial charge in [0.1, 0.15) is 0 Å². The number of aryl methyl sites for hydroxylation is 1. The normalized spacial score (nSPS) is 19.4. The lowest BCUT2D eigenvalue weighted by molar-refractivity contribution is 0.139. The zero-order valence-electron chi connectivity index (χ0n) is 13.2. The van der Waals surface area contributed by atoms with E-state index in [1.54, 1.807) is 0 Å². The van der Waals surface area contributed by atoms with E-state index in [-0.39, 0.29) is 6.04 Å². The number of piperidine rings is 1. The van der Waals surface area contributed by atoms with Crippen molar-refractivity contribution in [1.29, 1.82) is 0 Å². The van der Waals surface area contributed by atoms with Crippen molar-refractivity contribution in [1.82, 2.24) is 9.80 Å². The van der Waals surface area contributed by atoms with Gasteiger partial charge in [0.2, 0.25) is 0 Å². The van der Waals surface area contributed by atoms with E-state index < -0.39 is 0 Å². The molecule has 1 aliphatic rings. The second kappa shape index (κ2) is 7.21. The van der Waals surface area contributed by atoms with Gasteiger partial charge in [-0.25, -0.2) is 0 Å². The molecule has 0 radical (unpaired) electrons. The van der Waals surface area contributed by atoms with Gasteiger partial charge in [0, 0.05) is 18.6 Å². The molecule has 1 fully saturated rings. The average molecular weight is 275 g/mol. The first-order chi connectivity index (χ1) is 9.60. The molecule has 1 atom stereocenters. The van der Waals surface area contributed by atoms with Crippen molar-refractivity contribution in [3.05, 3.63) is 35.4 Å². The highest BCUT2D eigenvalue weighted by molar-refractivity contribution is 5.25. The Morgan fingerprint density at radius 1 is 1.25 bits per heavy atom. The van der Waals surface area contributed by atoms with Crippen molar-refractivity contribution in [2.45, 2.75) is 38.3 Å². The molecule has 1 aromatic carbocycles. The minimum absolute atomic E-state index is 0.116. The highest BCUT2D eigenvalue weighted by atomic mass is 15.2. The van der Waals surface area contributed by atoms with Crippen LogP contribution >= 0.6 is 0 Å². The lowest BCUT2D eigenvalue weighted by atomic mass is 10.0. The van der Waals surface area contributed by atoms with Crippen molar-refractivity contribution >= 4 is 0 Å². The Bertz CT molecular complexity index is 393. The summed E-state index contributed by atoms with van der Waals surface area (Å²) >= 11 is 0. The maximum absolute atomic E-state index is 6.37. The van der Waals surface area contributed by atoms with Gasteiger partial charge in [0.05, 0.1) is 0 Å². The van der Waals surface area contributed by atoms with Crippen LogP contribution in [0.25, 0.3) is 0 Å². The summed E-state index contributed by atoms with van der Waals surface area (Å²) in [5.41, 5.74) is 9.00. The zero-order valence-corrected chi connectivity index (χ0v) is 13.2. The Kier molecular flexibility index (Phi) is 5.58. The molecule has 0 spiro atoms. The number of rotatable bonds is 5. The van der Waals surface area contributed by atoms with Crippen LogP contribution in [0.2, 0.25) is 0 Å². The molecule has 0 aromatic heterocycles. The van der Waals surface area contributed by atoms with E-state index in [2.05, 4.69) is 55.1 Å². The Morgan fingerprint density at radius 3 is 2.40 bits per heavy atom. The lowest BCUT2D eigenvalue weighted by Crippen LogP contribution is -2.44. The van der Waals surface area contributed by atoms with Gasteiger partial charge in [-0.2, -0.15) is 0 Å². The van der Waals surface area contributed by atoms with Crippen molar-refractivity contribution < 1.29 is 0 Å². The molecule has 0 amide bonds. The minimum Gasteiger partial charge on any atom is -0.323 e. The topological polar surface area (TPSA) is 32.5 Å². The first kappa shape index (κ1) is 15.5. The first-order valence-electron chi connectivity index (χ1n) is 7.83. The monoisotopic (exact) mass is 275 g/mol. The number of nitrogens with zero attached hydrogens (tertiary/aromatic N) is 2. The summed E-state index contributed by atoms with van der Waals surface area (Å²) in [6.45, 7) is 5.54. The second-order valence-corrected chi connectivity index (χ2v) is 6.18. The predicted octanol–water partition coefficient (Wildman–Crippen LogP) is 2.27. The van der Waals surface area contributed by atoms with Crippen LogP contribution in [-0.4, -0.2) is 49.6 Å². The summed E-state index contributed by atoms with van der Waals surface area (Å²) in [6, 6.07) is 9.57. The highest BCUT2D eigenvalue weighted by Gasteiger charge is 2.22. The summed E-state index contributed by atoms with van der Waals surface area (Å²) in [5.74, 6) is 0. The summed E-state index contributed by atoms with van der Waals surface area (Å²) < 4.78 is 0. The lowest BCUT2D eigenvalue weighted by Gasteiger charge is -2.36. The molecular weight excluding hydrogens is 246 g/mol. The van der Waals surface area contributed by atoms with Gasteiger partial charge < -0.3 is 15.5 Å². The van der Waals surface area contributed by atoms with Crippen LogP contribution in [0.5, 0.6) is 0 Å². The van der Waals surface area contributed by atoms with Gasteiger partial charge in [-0.15, -0.1) is 0 Å². The van der Waals surface area contributed by atoms with E-state index in [1.165, 1.54) is 37.1 Å². The average Bonchev–Trinajstić information content (AvgIpc) is 2.48. The smallest absolute Gasteiger partial charge is 0.0424 e. The molecule has 1 unspecified atom stereocenters. The van der Waals surface area contributed by atoms with Gasteiger partial charge in [-0.1, -0.05) is 31.2 Å². The van der Waals surface area contributed by atoms with Crippen LogP contribution in [0.1, 0.15) is 36.9 Å².